The van der Waals surface area contributed by atoms with E-state index in [0.717, 1.165) is 0 Å². The maximum absolute atomic E-state index is 13.8. The Morgan fingerprint density at radius 2 is 1.95 bits per heavy atom. The number of alkyl halides is 3. The first-order valence-corrected chi connectivity index (χ1v) is 5.79. The lowest BCUT2D eigenvalue weighted by molar-refractivity contribution is -0.138. The molecule has 0 bridgehead atoms. The standard InChI is InChI=1S/C10H5BrF4N4O/c11-6-3(10(13,14)15)1-2-4(12)5(6)7-8(9(16)20)18-19-17-7/h1-2H,(H2,16,20)(H,17,18,19). The molecule has 0 aliphatic heterocycles. The number of aromatic amines is 1. The van der Waals surface area contributed by atoms with E-state index < -0.39 is 44.9 Å². The predicted molar refractivity (Wildman–Crippen MR) is 63.0 cm³/mol. The number of H-pyrrole nitrogens is 1. The number of aromatic nitrogens is 3. The van der Waals surface area contributed by atoms with Crippen LogP contribution in [0.4, 0.5) is 17.6 Å². The fraction of sp³-hybridized carbons (Fsp3) is 0.100. The maximum Gasteiger partial charge on any atom is 0.417 e. The summed E-state index contributed by atoms with van der Waals surface area (Å²) in [6.07, 6.45) is -4.70. The van der Waals surface area contributed by atoms with Crippen LogP contribution in [-0.4, -0.2) is 21.3 Å². The van der Waals surface area contributed by atoms with Crippen molar-refractivity contribution in [3.63, 3.8) is 0 Å². The molecule has 5 nitrogen and oxygen atoms in total. The zero-order chi connectivity index (χ0) is 15.1. The monoisotopic (exact) mass is 352 g/mol. The minimum Gasteiger partial charge on any atom is -0.364 e. The normalized spacial score (nSPS) is 11.7. The second-order valence-electron chi connectivity index (χ2n) is 3.67. The van der Waals surface area contributed by atoms with E-state index in [9.17, 15) is 22.4 Å². The highest BCUT2D eigenvalue weighted by Gasteiger charge is 2.35. The molecule has 10 heteroatoms. The molecule has 3 N–H and O–H groups in total. The summed E-state index contributed by atoms with van der Waals surface area (Å²) in [5.41, 5.74) is 2.51. The maximum atomic E-state index is 13.8. The number of rotatable bonds is 2. The van der Waals surface area contributed by atoms with E-state index in [1.165, 1.54) is 0 Å². The van der Waals surface area contributed by atoms with Crippen molar-refractivity contribution < 1.29 is 22.4 Å². The molecule has 1 heterocycles. The Hall–Kier alpha value is -1.97. The zero-order valence-electron chi connectivity index (χ0n) is 9.42. The van der Waals surface area contributed by atoms with E-state index in [1.807, 2.05) is 5.21 Å². The van der Waals surface area contributed by atoms with E-state index in [0.29, 0.717) is 12.1 Å². The van der Waals surface area contributed by atoms with Crippen LogP contribution in [-0.2, 0) is 6.18 Å². The van der Waals surface area contributed by atoms with Gasteiger partial charge < -0.3 is 5.73 Å². The molecule has 1 aromatic heterocycles. The van der Waals surface area contributed by atoms with Gasteiger partial charge in [-0.1, -0.05) is 0 Å². The fourth-order valence-corrected chi connectivity index (χ4v) is 2.30. The number of benzene rings is 1. The minimum atomic E-state index is -4.70. The number of hydrogen-bond donors (Lipinski definition) is 2. The van der Waals surface area contributed by atoms with Crippen LogP contribution >= 0.6 is 15.9 Å². The smallest absolute Gasteiger partial charge is 0.364 e. The average molecular weight is 353 g/mol. The van der Waals surface area contributed by atoms with Gasteiger partial charge in [0.05, 0.1) is 11.1 Å². The van der Waals surface area contributed by atoms with Gasteiger partial charge >= 0.3 is 6.18 Å². The number of nitrogens with two attached hydrogens (primary N) is 1. The first-order chi connectivity index (χ1) is 9.23. The molecule has 0 aliphatic rings. The third-order valence-electron chi connectivity index (χ3n) is 2.41. The molecule has 0 saturated carbocycles. The Morgan fingerprint density at radius 3 is 2.50 bits per heavy atom. The van der Waals surface area contributed by atoms with E-state index in [-0.39, 0.29) is 0 Å². The van der Waals surface area contributed by atoms with E-state index >= 15 is 0 Å². The summed E-state index contributed by atoms with van der Waals surface area (Å²) >= 11 is 2.68. The molecule has 1 amide bonds. The summed E-state index contributed by atoms with van der Waals surface area (Å²) in [6, 6.07) is 1.20. The molecule has 0 aliphatic carbocycles. The Balaban J connectivity index is 2.74. The van der Waals surface area contributed by atoms with E-state index in [1.54, 1.807) is 0 Å². The molecule has 20 heavy (non-hydrogen) atoms. The number of nitrogens with zero attached hydrogens (tertiary/aromatic N) is 2. The topological polar surface area (TPSA) is 84.7 Å². The van der Waals surface area contributed by atoms with Crippen LogP contribution < -0.4 is 5.73 Å². The number of carbonyl (C=O) groups excluding carboxylic acids is 1. The molecule has 0 saturated heterocycles. The van der Waals surface area contributed by atoms with Crippen molar-refractivity contribution in [1.29, 1.82) is 0 Å². The summed E-state index contributed by atoms with van der Waals surface area (Å²) in [5.74, 6) is -2.04. The molecule has 2 aromatic rings. The van der Waals surface area contributed by atoms with Gasteiger partial charge in [-0.3, -0.25) is 4.79 Å². The zero-order valence-corrected chi connectivity index (χ0v) is 11.0. The highest BCUT2D eigenvalue weighted by atomic mass is 79.9. The van der Waals surface area contributed by atoms with Crippen molar-refractivity contribution in [2.24, 2.45) is 5.73 Å². The SMILES string of the molecule is NC(=O)c1n[nH]nc1-c1c(F)ccc(C(F)(F)F)c1Br. The number of halogens is 5. The first kappa shape index (κ1) is 14.4. The molecule has 106 valence electrons. The van der Waals surface area contributed by atoms with Gasteiger partial charge in [0.25, 0.3) is 5.91 Å². The van der Waals surface area contributed by atoms with Crippen molar-refractivity contribution in [3.8, 4) is 11.3 Å². The van der Waals surface area contributed by atoms with Crippen LogP contribution in [0.5, 0.6) is 0 Å². The number of nitrogens with one attached hydrogen (secondary N) is 1. The average Bonchev–Trinajstić information content (AvgIpc) is 2.76. The van der Waals surface area contributed by atoms with E-state index in [2.05, 4.69) is 26.1 Å². The molecule has 0 unspecified atom stereocenters. The van der Waals surface area contributed by atoms with Gasteiger partial charge in [0.2, 0.25) is 0 Å². The van der Waals surface area contributed by atoms with Crippen molar-refractivity contribution in [2.75, 3.05) is 0 Å². The largest absolute Gasteiger partial charge is 0.417 e. The van der Waals surface area contributed by atoms with Crippen molar-refractivity contribution in [3.05, 3.63) is 33.7 Å². The molecular weight excluding hydrogens is 348 g/mol. The quantitative estimate of drug-likeness (QED) is 0.814. The van der Waals surface area contributed by atoms with Gasteiger partial charge in [-0.05, 0) is 28.1 Å². The molecular formula is C10H5BrF4N4O. The molecule has 2 rings (SSSR count). The second-order valence-corrected chi connectivity index (χ2v) is 4.46. The van der Waals surface area contributed by atoms with Crippen molar-refractivity contribution in [1.82, 2.24) is 15.4 Å². The highest BCUT2D eigenvalue weighted by Crippen LogP contribution is 2.41. The summed E-state index contributed by atoms with van der Waals surface area (Å²) < 4.78 is 51.5. The summed E-state index contributed by atoms with van der Waals surface area (Å²) in [6.45, 7) is 0. The van der Waals surface area contributed by atoms with Crippen LogP contribution in [0.1, 0.15) is 16.1 Å². The molecule has 1 aromatic carbocycles. The van der Waals surface area contributed by atoms with E-state index in [4.69, 9.17) is 5.73 Å². The molecule has 0 spiro atoms. The number of hydrogen-bond acceptors (Lipinski definition) is 3. The lowest BCUT2D eigenvalue weighted by Gasteiger charge is -2.12. The lowest BCUT2D eigenvalue weighted by atomic mass is 10.1. The molecule has 0 fully saturated rings. The van der Waals surface area contributed by atoms with Gasteiger partial charge in [-0.15, -0.1) is 0 Å². The van der Waals surface area contributed by atoms with Gasteiger partial charge in [0, 0.05) is 4.47 Å². The number of amides is 1. The van der Waals surface area contributed by atoms with Crippen LogP contribution in [0.25, 0.3) is 11.3 Å². The van der Waals surface area contributed by atoms with Gasteiger partial charge in [-0.25, -0.2) is 4.39 Å². The number of carbonyl (C=O) groups is 1. The Bertz CT molecular complexity index is 682. The summed E-state index contributed by atoms with van der Waals surface area (Å²) in [4.78, 5) is 11.1. The third-order valence-corrected chi connectivity index (χ3v) is 3.24. The van der Waals surface area contributed by atoms with Gasteiger partial charge in [0.15, 0.2) is 5.69 Å². The van der Waals surface area contributed by atoms with Gasteiger partial charge in [-0.2, -0.15) is 28.6 Å². The lowest BCUT2D eigenvalue weighted by Crippen LogP contribution is -2.14. The fourth-order valence-electron chi connectivity index (χ4n) is 1.57. The molecule has 0 radical (unpaired) electrons. The first-order valence-electron chi connectivity index (χ1n) is 4.99. The van der Waals surface area contributed by atoms with Crippen LogP contribution in [0, 0.1) is 5.82 Å². The Labute approximate surface area is 117 Å². The summed E-state index contributed by atoms with van der Waals surface area (Å²) in [5, 5.41) is 8.89. The highest BCUT2D eigenvalue weighted by molar-refractivity contribution is 9.10. The molecule has 0 atom stereocenters. The van der Waals surface area contributed by atoms with Crippen LogP contribution in [0.15, 0.2) is 16.6 Å². The van der Waals surface area contributed by atoms with Crippen molar-refractivity contribution >= 4 is 21.8 Å². The Morgan fingerprint density at radius 1 is 1.30 bits per heavy atom. The van der Waals surface area contributed by atoms with Crippen molar-refractivity contribution in [2.45, 2.75) is 6.18 Å². The number of primary amides is 1. The van der Waals surface area contributed by atoms with Crippen LogP contribution in [0.2, 0.25) is 0 Å². The minimum absolute atomic E-state index is 0.395. The third kappa shape index (κ3) is 2.38. The Kier molecular flexibility index (Phi) is 3.50. The predicted octanol–water partition coefficient (Wildman–Crippen LogP) is 2.49. The second kappa shape index (κ2) is 4.85. The summed E-state index contributed by atoms with van der Waals surface area (Å²) in [7, 11) is 0. The van der Waals surface area contributed by atoms with Crippen LogP contribution in [0.3, 0.4) is 0 Å². The van der Waals surface area contributed by atoms with Gasteiger partial charge in [0.1, 0.15) is 11.5 Å².